The Morgan fingerprint density at radius 3 is 2.28 bits per heavy atom. The van der Waals surface area contributed by atoms with E-state index in [2.05, 4.69) is 24.2 Å². The van der Waals surface area contributed by atoms with Crippen LogP contribution in [0.5, 0.6) is 0 Å². The van der Waals surface area contributed by atoms with Crippen LogP contribution in [0.1, 0.15) is 27.0 Å². The van der Waals surface area contributed by atoms with Crippen molar-refractivity contribution >= 4 is 33.4 Å². The number of amides is 2. The third kappa shape index (κ3) is 10.6. The average molecular weight is 765 g/mol. The first kappa shape index (κ1) is 41.5. The van der Waals surface area contributed by atoms with Gasteiger partial charge in [-0.25, -0.2) is 18.7 Å². The molecule has 3 heterocycles. The molecule has 2 aliphatic heterocycles. The summed E-state index contributed by atoms with van der Waals surface area (Å²) in [7, 11) is -10.3. The number of aromatic nitrogens is 2. The number of ether oxygens (including phenoxy) is 4. The zero-order valence-electron chi connectivity index (χ0n) is 26.7. The van der Waals surface area contributed by atoms with Crippen LogP contribution in [0.3, 0.4) is 0 Å². The maximum Gasteiger partial charge on any atom is 0.483 e. The Balaban J connectivity index is 1.73. The fourth-order valence-electron chi connectivity index (χ4n) is 4.77. The maximum atomic E-state index is 12.9. The number of phosphoric ester groups is 2. The number of esters is 1. The summed E-state index contributed by atoms with van der Waals surface area (Å²) >= 11 is 0. The molecule has 0 aliphatic carbocycles. The van der Waals surface area contributed by atoms with Gasteiger partial charge in [-0.1, -0.05) is 0 Å². The predicted octanol–water partition coefficient (Wildman–Crippen LogP) is -4.56. The molecule has 0 bridgehead atoms. The van der Waals surface area contributed by atoms with Crippen molar-refractivity contribution in [3.8, 4) is 0 Å². The van der Waals surface area contributed by atoms with E-state index in [1.54, 1.807) is 0 Å². The van der Waals surface area contributed by atoms with Crippen molar-refractivity contribution in [1.82, 2.24) is 20.2 Å². The summed E-state index contributed by atoms with van der Waals surface area (Å²) in [4.78, 5) is 82.2. The first-order chi connectivity index (χ1) is 23.2. The van der Waals surface area contributed by atoms with E-state index in [0.29, 0.717) is 4.57 Å². The number of rotatable bonds is 15. The number of methoxy groups -OCH3 is 1. The predicted molar refractivity (Wildman–Crippen MR) is 158 cm³/mol. The highest BCUT2D eigenvalue weighted by Gasteiger charge is 2.52. The summed E-state index contributed by atoms with van der Waals surface area (Å²) in [6, 6.07) is -1.98. The molecule has 13 atom stereocenters. The summed E-state index contributed by atoms with van der Waals surface area (Å²) in [5, 5.41) is 45.7. The Kier molecular flexibility index (Phi) is 14.2. The molecule has 2 amide bonds. The number of phosphoric acid groups is 2. The largest absolute Gasteiger partial charge is 0.483 e. The summed E-state index contributed by atoms with van der Waals surface area (Å²) in [6.45, 7) is 1.40. The molecule has 1 aromatic rings. The molecular weight excluding hydrogens is 726 g/mol. The van der Waals surface area contributed by atoms with E-state index in [4.69, 9.17) is 18.7 Å². The molecule has 50 heavy (non-hydrogen) atoms. The van der Waals surface area contributed by atoms with Crippen molar-refractivity contribution in [2.24, 2.45) is 0 Å². The first-order valence-corrected chi connectivity index (χ1v) is 17.5. The normalized spacial score (nSPS) is 31.8. The van der Waals surface area contributed by atoms with Crippen molar-refractivity contribution in [3.63, 3.8) is 0 Å². The van der Waals surface area contributed by atoms with Gasteiger partial charge in [0.05, 0.1) is 20.3 Å². The Bertz CT molecular complexity index is 1590. The lowest BCUT2D eigenvalue weighted by atomic mass is 9.96. The van der Waals surface area contributed by atoms with Gasteiger partial charge in [0.1, 0.15) is 54.8 Å². The van der Waals surface area contributed by atoms with E-state index in [1.165, 1.54) is 13.8 Å². The Hall–Kier alpha value is -2.93. The van der Waals surface area contributed by atoms with E-state index >= 15 is 0 Å². The van der Waals surface area contributed by atoms with Gasteiger partial charge < -0.3 is 59.8 Å². The van der Waals surface area contributed by atoms with Crippen LogP contribution in [-0.2, 0) is 55.8 Å². The lowest BCUT2D eigenvalue weighted by Crippen LogP contribution is -2.66. The number of aliphatic hydroxyl groups is 4. The van der Waals surface area contributed by atoms with Crippen LogP contribution in [0.4, 0.5) is 0 Å². The minimum Gasteiger partial charge on any atom is -0.467 e. The van der Waals surface area contributed by atoms with Crippen LogP contribution in [0.25, 0.3) is 0 Å². The molecule has 2 aliphatic rings. The minimum atomic E-state index is -5.79. The highest BCUT2D eigenvalue weighted by Crippen LogP contribution is 2.61. The molecule has 2 unspecified atom stereocenters. The van der Waals surface area contributed by atoms with Gasteiger partial charge >= 0.3 is 27.3 Å². The molecule has 2 fully saturated rings. The summed E-state index contributed by atoms with van der Waals surface area (Å²) in [5.41, 5.74) is -1.80. The van der Waals surface area contributed by atoms with Gasteiger partial charge in [0.2, 0.25) is 11.8 Å². The van der Waals surface area contributed by atoms with E-state index in [-0.39, 0.29) is 0 Å². The minimum absolute atomic E-state index is 0.708. The molecule has 24 nitrogen and oxygen atoms in total. The van der Waals surface area contributed by atoms with Crippen LogP contribution in [0.15, 0.2) is 21.9 Å². The van der Waals surface area contributed by atoms with Crippen molar-refractivity contribution < 1.29 is 86.0 Å². The third-order valence-electron chi connectivity index (χ3n) is 7.18. The number of hydrogen-bond acceptors (Lipinski definition) is 18. The van der Waals surface area contributed by atoms with Crippen molar-refractivity contribution in [3.05, 3.63) is 33.1 Å². The van der Waals surface area contributed by atoms with Gasteiger partial charge in [-0.3, -0.25) is 33.0 Å². The smallest absolute Gasteiger partial charge is 0.467 e. The average Bonchev–Trinajstić information content (AvgIpc) is 3.30. The summed E-state index contributed by atoms with van der Waals surface area (Å²) in [6.07, 6.45) is -14.9. The third-order valence-corrected chi connectivity index (χ3v) is 9.78. The maximum absolute atomic E-state index is 12.9. The fraction of sp³-hybridized carbons (Fsp3) is 0.708. The molecular formula is C24H38N4O20P2. The van der Waals surface area contributed by atoms with E-state index < -0.39 is 125 Å². The molecule has 284 valence electrons. The lowest BCUT2D eigenvalue weighted by Gasteiger charge is -2.44. The molecule has 3 rings (SSSR count). The number of carbonyl (C=O) groups excluding carboxylic acids is 3. The fourth-order valence-corrected chi connectivity index (χ4v) is 6.93. The zero-order chi connectivity index (χ0) is 37.7. The molecule has 1 aromatic heterocycles. The monoisotopic (exact) mass is 764 g/mol. The zero-order valence-corrected chi connectivity index (χ0v) is 28.4. The standard InChI is InChI=1S/C24H38N4O20P2/c1-9(22(36)42-4)25-20(35)10(2)44-19-15(26-11(3)30)23(46-12(7-29)17(19)33)47-50(40,41)48-49(38,39)43-8-13-16(32)18(34)21(45-13)28-6-5-14(31)27-24(28)37/h5-6,9-10,12-13,15-19,21,23,29,32-34H,7-8H2,1-4H3,(H,25,35)(H,26,30)(H,38,39)(H,40,41)(H,27,31,37)/t9-,10+,12+,13+,15+,16+,17+,18+,19+,21+,23+/m0/s1. The van der Waals surface area contributed by atoms with E-state index in [1.807, 2.05) is 4.98 Å². The quantitative estimate of drug-likeness (QED) is 0.0599. The second-order valence-corrected chi connectivity index (χ2v) is 13.9. The topological polar surface area (TPSA) is 350 Å². The Labute approximate surface area is 281 Å². The van der Waals surface area contributed by atoms with Crippen LogP contribution in [0, 0.1) is 0 Å². The van der Waals surface area contributed by atoms with Gasteiger partial charge in [0.25, 0.3) is 5.56 Å². The lowest BCUT2D eigenvalue weighted by molar-refractivity contribution is -0.261. The Morgan fingerprint density at radius 1 is 1.04 bits per heavy atom. The number of carbonyl (C=O) groups is 3. The number of aromatic amines is 1. The van der Waals surface area contributed by atoms with Gasteiger partial charge in [-0.15, -0.1) is 0 Å². The number of H-pyrrole nitrogens is 1. The first-order valence-electron chi connectivity index (χ1n) is 14.5. The van der Waals surface area contributed by atoms with Gasteiger partial charge in [-0.2, -0.15) is 4.31 Å². The molecule has 0 saturated carbocycles. The molecule has 26 heteroatoms. The van der Waals surface area contributed by atoms with Crippen molar-refractivity contribution in [2.45, 2.75) is 88.1 Å². The van der Waals surface area contributed by atoms with Crippen molar-refractivity contribution in [2.75, 3.05) is 20.3 Å². The second-order valence-electron chi connectivity index (χ2n) is 10.9. The number of nitrogens with zero attached hydrogens (tertiary/aromatic N) is 1. The summed E-state index contributed by atoms with van der Waals surface area (Å²) in [5.74, 6) is -2.56. The highest BCUT2D eigenvalue weighted by molar-refractivity contribution is 7.61. The Morgan fingerprint density at radius 2 is 1.70 bits per heavy atom. The highest BCUT2D eigenvalue weighted by atomic mass is 31.3. The second kappa shape index (κ2) is 17.1. The van der Waals surface area contributed by atoms with Crippen LogP contribution >= 0.6 is 15.6 Å². The molecule has 9 N–H and O–H groups in total. The molecule has 0 radical (unpaired) electrons. The van der Waals surface area contributed by atoms with Crippen LogP contribution < -0.4 is 21.9 Å². The van der Waals surface area contributed by atoms with Crippen LogP contribution in [-0.4, -0.2) is 139 Å². The molecule has 0 spiro atoms. The number of aliphatic hydroxyl groups excluding tert-OH is 4. The molecule has 0 aromatic carbocycles. The van der Waals surface area contributed by atoms with E-state index in [9.17, 15) is 63.3 Å². The van der Waals surface area contributed by atoms with Gasteiger partial charge in [0.15, 0.2) is 12.5 Å². The van der Waals surface area contributed by atoms with Crippen LogP contribution in [0.2, 0.25) is 0 Å². The van der Waals surface area contributed by atoms with Gasteiger partial charge in [0, 0.05) is 19.2 Å². The number of nitrogens with one attached hydrogen (secondary N) is 3. The molecule has 2 saturated heterocycles. The number of hydrogen-bond donors (Lipinski definition) is 9. The van der Waals surface area contributed by atoms with E-state index in [0.717, 1.165) is 26.3 Å². The van der Waals surface area contributed by atoms with Gasteiger partial charge in [-0.05, 0) is 13.8 Å². The van der Waals surface area contributed by atoms with Crippen molar-refractivity contribution in [1.29, 1.82) is 0 Å². The summed E-state index contributed by atoms with van der Waals surface area (Å²) < 4.78 is 60.8. The SMILES string of the molecule is COC(=O)[C@H](C)NC(=O)[C@@H](C)O[C@H]1[C@H](O)[C@@H](CO)O[C@H](OP(=O)(O)OP(=O)(O)OC[C@H]2O[C@@H](n3ccc(=O)[nH]c3=O)[C@H](O)[C@@H]2O)[C@@H]1NC(C)=O.